The molecule has 0 rings (SSSR count). The number of ether oxygens (including phenoxy) is 2. The third kappa shape index (κ3) is 30.3. The number of unbranched alkanes of at least 4 members (excludes halogenated alkanes) is 9. The first-order valence-electron chi connectivity index (χ1n) is 16.8. The molecule has 2 unspecified atom stereocenters. The predicted octanol–water partition coefficient (Wildman–Crippen LogP) is 8.28. The number of phosphoric acid groups is 1. The van der Waals surface area contributed by atoms with Crippen molar-refractivity contribution >= 4 is 19.8 Å². The summed E-state index contributed by atoms with van der Waals surface area (Å²) in [5.41, 5.74) is 0. The molecule has 0 saturated heterocycles. The summed E-state index contributed by atoms with van der Waals surface area (Å²) in [5, 5.41) is 10.0. The van der Waals surface area contributed by atoms with Gasteiger partial charge in [-0.2, -0.15) is 0 Å². The molecule has 0 aromatic carbocycles. The van der Waals surface area contributed by atoms with Gasteiger partial charge in [-0.3, -0.25) is 14.1 Å². The Morgan fingerprint density at radius 1 is 0.750 bits per heavy atom. The number of hydrogen-bond donors (Lipinski definition) is 3. The molecule has 3 N–H and O–H groups in total. The normalized spacial score (nSPS) is 14.4. The van der Waals surface area contributed by atoms with Gasteiger partial charge in [0.25, 0.3) is 0 Å². The summed E-state index contributed by atoms with van der Waals surface area (Å²) in [5.74, 6) is -0.198. The van der Waals surface area contributed by atoms with Crippen LogP contribution in [-0.4, -0.2) is 52.3 Å². The van der Waals surface area contributed by atoms with Gasteiger partial charge in [0.05, 0.1) is 12.7 Å². The van der Waals surface area contributed by atoms with Crippen LogP contribution >= 0.6 is 7.82 Å². The van der Waals surface area contributed by atoms with Gasteiger partial charge in [-0.25, -0.2) is 4.57 Å². The number of allylic oxidation sites excluding steroid dienone is 5. The number of phosphoric ester groups is 1. The van der Waals surface area contributed by atoms with Gasteiger partial charge >= 0.3 is 19.8 Å². The van der Waals surface area contributed by atoms with E-state index in [1.165, 1.54) is 25.7 Å². The molecule has 0 spiro atoms. The fourth-order valence-electron chi connectivity index (χ4n) is 4.41. The maximum absolute atomic E-state index is 12.3. The molecule has 0 aliphatic heterocycles. The number of hydrogen-bond acceptors (Lipinski definition) is 7. The van der Waals surface area contributed by atoms with Crippen LogP contribution < -0.4 is 0 Å². The highest BCUT2D eigenvalue weighted by Gasteiger charge is 2.22. The number of carbonyl (C=O) groups excluding carboxylic acids is 2. The minimum atomic E-state index is -4.77. The smallest absolute Gasteiger partial charge is 0.462 e. The zero-order valence-electron chi connectivity index (χ0n) is 27.6. The fourth-order valence-corrected chi connectivity index (χ4v) is 4.77. The number of rotatable bonds is 29. The molecule has 256 valence electrons. The summed E-state index contributed by atoms with van der Waals surface area (Å²) in [6.45, 7) is 5.70. The van der Waals surface area contributed by atoms with Gasteiger partial charge in [-0.15, -0.1) is 0 Å². The summed E-state index contributed by atoms with van der Waals surface area (Å²) in [6.07, 6.45) is 26.2. The maximum atomic E-state index is 12.3. The van der Waals surface area contributed by atoms with Crippen molar-refractivity contribution in [3.8, 4) is 0 Å². The molecule has 0 fully saturated rings. The van der Waals surface area contributed by atoms with E-state index in [0.717, 1.165) is 63.7 Å². The minimum Gasteiger partial charge on any atom is -0.462 e. The monoisotopic (exact) mass is 644 g/mol. The van der Waals surface area contributed by atoms with Crippen LogP contribution in [0.25, 0.3) is 0 Å². The van der Waals surface area contributed by atoms with Crippen molar-refractivity contribution in [3.05, 3.63) is 36.5 Å². The molecule has 44 heavy (non-hydrogen) atoms. The van der Waals surface area contributed by atoms with Crippen molar-refractivity contribution in [2.75, 3.05) is 13.2 Å². The first kappa shape index (κ1) is 42.2. The largest absolute Gasteiger partial charge is 0.469 e. The molecule has 0 aliphatic rings. The molecule has 0 heterocycles. The van der Waals surface area contributed by atoms with Gasteiger partial charge in [-0.05, 0) is 38.0 Å². The first-order valence-corrected chi connectivity index (χ1v) is 18.3. The second-order valence-electron chi connectivity index (χ2n) is 11.6. The second-order valence-corrected chi connectivity index (χ2v) is 12.8. The quantitative estimate of drug-likeness (QED) is 0.0241. The first-order chi connectivity index (χ1) is 21.1. The number of aliphatic hydroxyl groups is 1. The predicted molar refractivity (Wildman–Crippen MR) is 176 cm³/mol. The van der Waals surface area contributed by atoms with Crippen LogP contribution in [0.4, 0.5) is 0 Å². The highest BCUT2D eigenvalue weighted by molar-refractivity contribution is 7.46. The number of aliphatic hydroxyl groups excluding tert-OH is 1. The highest BCUT2D eigenvalue weighted by Crippen LogP contribution is 2.36. The van der Waals surface area contributed by atoms with E-state index in [4.69, 9.17) is 19.3 Å². The van der Waals surface area contributed by atoms with Crippen molar-refractivity contribution in [1.29, 1.82) is 0 Å². The minimum absolute atomic E-state index is 0.189. The van der Waals surface area contributed by atoms with E-state index in [0.29, 0.717) is 19.3 Å². The van der Waals surface area contributed by atoms with Crippen molar-refractivity contribution in [2.45, 2.75) is 149 Å². The van der Waals surface area contributed by atoms with Gasteiger partial charge in [0.2, 0.25) is 0 Å². The molecule has 0 amide bonds. The highest BCUT2D eigenvalue weighted by atomic mass is 31.2. The van der Waals surface area contributed by atoms with Crippen molar-refractivity contribution < 1.29 is 43.0 Å². The molecular weight excluding hydrogens is 583 g/mol. The van der Waals surface area contributed by atoms with Crippen LogP contribution in [0.3, 0.4) is 0 Å². The Bertz CT molecular complexity index is 850. The molecular formula is C34H61O9P. The third-order valence-electron chi connectivity index (χ3n) is 7.32. The van der Waals surface area contributed by atoms with E-state index in [1.807, 2.05) is 18.2 Å². The molecule has 0 saturated carbocycles. The van der Waals surface area contributed by atoms with Gasteiger partial charge in [0.1, 0.15) is 6.61 Å². The Morgan fingerprint density at radius 2 is 1.34 bits per heavy atom. The topological polar surface area (TPSA) is 140 Å². The lowest BCUT2D eigenvalue weighted by Crippen LogP contribution is -2.29. The lowest BCUT2D eigenvalue weighted by Gasteiger charge is -2.18. The van der Waals surface area contributed by atoms with E-state index < -0.39 is 38.6 Å². The van der Waals surface area contributed by atoms with Crippen LogP contribution in [-0.2, 0) is 28.2 Å². The Balaban J connectivity index is 4.13. The fraction of sp³-hybridized carbons (Fsp3) is 0.765. The van der Waals surface area contributed by atoms with Crippen LogP contribution in [0, 0.1) is 5.92 Å². The van der Waals surface area contributed by atoms with Crippen LogP contribution in [0.1, 0.15) is 136 Å². The summed E-state index contributed by atoms with van der Waals surface area (Å²) in [4.78, 5) is 42.5. The molecule has 3 atom stereocenters. The SMILES string of the molecule is CC/C=C/C/C=C/C=C/C(O)CCCCCCCC(=O)OC[C@H](COP(=O)(O)O)OC(=O)CCCCCCCCC(C)CC. The van der Waals surface area contributed by atoms with Crippen LogP contribution in [0.5, 0.6) is 0 Å². The average Bonchev–Trinajstić information content (AvgIpc) is 2.98. The molecule has 9 nitrogen and oxygen atoms in total. The lowest BCUT2D eigenvalue weighted by atomic mass is 10.00. The molecule has 0 aromatic rings. The molecule has 0 aromatic heterocycles. The Morgan fingerprint density at radius 3 is 1.95 bits per heavy atom. The maximum Gasteiger partial charge on any atom is 0.469 e. The van der Waals surface area contributed by atoms with E-state index in [1.54, 1.807) is 6.08 Å². The third-order valence-corrected chi connectivity index (χ3v) is 7.80. The lowest BCUT2D eigenvalue weighted by molar-refractivity contribution is -0.161. The molecule has 0 radical (unpaired) electrons. The number of esters is 2. The molecule has 0 aliphatic carbocycles. The van der Waals surface area contributed by atoms with E-state index >= 15 is 0 Å². The Kier molecular flexibility index (Phi) is 27.5. The Labute approximate surface area is 266 Å². The summed E-state index contributed by atoms with van der Waals surface area (Å²) < 4.78 is 26.1. The average molecular weight is 645 g/mol. The van der Waals surface area contributed by atoms with E-state index in [9.17, 15) is 19.3 Å². The summed E-state index contributed by atoms with van der Waals surface area (Å²) in [7, 11) is -4.77. The Hall–Kier alpha value is -1.77. The summed E-state index contributed by atoms with van der Waals surface area (Å²) in [6, 6.07) is 0. The van der Waals surface area contributed by atoms with E-state index in [2.05, 4.69) is 37.4 Å². The van der Waals surface area contributed by atoms with Crippen LogP contribution in [0.2, 0.25) is 0 Å². The van der Waals surface area contributed by atoms with Gasteiger partial charge < -0.3 is 24.4 Å². The number of carbonyl (C=O) groups is 2. The van der Waals surface area contributed by atoms with Crippen molar-refractivity contribution in [1.82, 2.24) is 0 Å². The van der Waals surface area contributed by atoms with Crippen molar-refractivity contribution in [3.63, 3.8) is 0 Å². The zero-order chi connectivity index (χ0) is 32.9. The standard InChI is InChI=1S/C34H61O9P/c1-4-6-7-8-9-14-19-24-31(35)25-20-15-12-17-21-26-33(36)41-28-32(29-42-44(38,39)40)43-34(37)27-22-16-11-10-13-18-23-30(3)5-2/h6-7,9,14,19,24,30-32,35H,4-5,8,10-13,15-18,20-23,25-29H2,1-3H3,(H2,38,39,40)/b7-6+,14-9+,24-19+/t30?,31?,32-/m1/s1. The van der Waals surface area contributed by atoms with Gasteiger partial charge in [-0.1, -0.05) is 128 Å². The molecule has 0 bridgehead atoms. The zero-order valence-corrected chi connectivity index (χ0v) is 28.5. The van der Waals surface area contributed by atoms with E-state index in [-0.39, 0.29) is 19.4 Å². The van der Waals surface area contributed by atoms with Gasteiger partial charge in [0, 0.05) is 12.8 Å². The second kappa shape index (κ2) is 28.7. The van der Waals surface area contributed by atoms with Gasteiger partial charge in [0.15, 0.2) is 6.10 Å². The summed E-state index contributed by atoms with van der Waals surface area (Å²) >= 11 is 0. The van der Waals surface area contributed by atoms with Crippen molar-refractivity contribution in [2.24, 2.45) is 5.92 Å². The van der Waals surface area contributed by atoms with Crippen LogP contribution in [0.15, 0.2) is 36.5 Å². The molecule has 10 heteroatoms.